The van der Waals surface area contributed by atoms with Crippen molar-refractivity contribution < 1.29 is 19.1 Å². The quantitative estimate of drug-likeness (QED) is 0.702. The average molecular weight is 348 g/mol. The summed E-state index contributed by atoms with van der Waals surface area (Å²) in [6.45, 7) is 1.13. The van der Waals surface area contributed by atoms with Crippen molar-refractivity contribution in [2.75, 3.05) is 19.0 Å². The van der Waals surface area contributed by atoms with Gasteiger partial charge in [-0.25, -0.2) is 0 Å². The lowest BCUT2D eigenvalue weighted by Gasteiger charge is -2.36. The molecule has 24 heavy (non-hydrogen) atoms. The smallest absolute Gasteiger partial charge is 0.246 e. The van der Waals surface area contributed by atoms with Gasteiger partial charge in [-0.15, -0.1) is 11.8 Å². The molecule has 0 radical (unpaired) electrons. The Morgan fingerprint density at radius 2 is 2.08 bits per heavy atom. The molecule has 0 aliphatic carbocycles. The summed E-state index contributed by atoms with van der Waals surface area (Å²) >= 11 is 1.37. The maximum absolute atomic E-state index is 12.1. The minimum Gasteiger partial charge on any atom is -0.381 e. The van der Waals surface area contributed by atoms with Crippen LogP contribution >= 0.6 is 11.8 Å². The Morgan fingerprint density at radius 1 is 1.29 bits per heavy atom. The second-order valence-electron chi connectivity index (χ2n) is 5.97. The number of β-lactam (4-membered cyclic amide) rings is 1. The number of hydrogen-bond acceptors (Lipinski definition) is 5. The number of thioether (sulfide) groups is 1. The Kier molecular flexibility index (Phi) is 5.52. The molecule has 2 aliphatic heterocycles. The van der Waals surface area contributed by atoms with Gasteiger partial charge in [0.15, 0.2) is 0 Å². The van der Waals surface area contributed by atoms with Gasteiger partial charge in [-0.05, 0) is 12.0 Å². The van der Waals surface area contributed by atoms with E-state index in [0.717, 1.165) is 12.0 Å². The van der Waals surface area contributed by atoms with Crippen molar-refractivity contribution in [3.63, 3.8) is 0 Å². The Morgan fingerprint density at radius 3 is 2.75 bits per heavy atom. The highest BCUT2D eigenvalue weighted by Gasteiger charge is 2.41. The molecule has 2 aliphatic rings. The third kappa shape index (κ3) is 4.15. The van der Waals surface area contributed by atoms with Gasteiger partial charge in [0.25, 0.3) is 0 Å². The van der Waals surface area contributed by atoms with Crippen LogP contribution in [0.15, 0.2) is 30.3 Å². The molecule has 1 aromatic carbocycles. The molecule has 2 saturated heterocycles. The van der Waals surface area contributed by atoms with Gasteiger partial charge in [-0.1, -0.05) is 30.3 Å². The maximum Gasteiger partial charge on any atom is 0.246 e. The van der Waals surface area contributed by atoms with E-state index >= 15 is 0 Å². The van der Waals surface area contributed by atoms with E-state index in [1.54, 1.807) is 0 Å². The third-order valence-corrected chi connectivity index (χ3v) is 5.38. The summed E-state index contributed by atoms with van der Waals surface area (Å²) in [5.41, 5.74) is 0.898. The van der Waals surface area contributed by atoms with Crippen LogP contribution in [0, 0.1) is 5.92 Å². The molecule has 0 spiro atoms. The van der Waals surface area contributed by atoms with Gasteiger partial charge in [0.05, 0.1) is 18.8 Å². The van der Waals surface area contributed by atoms with Crippen LogP contribution in [0.1, 0.15) is 12.0 Å². The predicted octanol–water partition coefficient (Wildman–Crippen LogP) is 0.509. The molecule has 3 rings (SSSR count). The van der Waals surface area contributed by atoms with Crippen molar-refractivity contribution in [2.24, 2.45) is 5.92 Å². The Balaban J connectivity index is 1.45. The number of ketones is 1. The lowest BCUT2D eigenvalue weighted by atomic mass is 10.1. The summed E-state index contributed by atoms with van der Waals surface area (Å²) in [4.78, 5) is 35.8. The van der Waals surface area contributed by atoms with E-state index in [1.807, 2.05) is 30.3 Å². The zero-order valence-electron chi connectivity index (χ0n) is 13.2. The molecular weight excluding hydrogens is 328 g/mol. The second kappa shape index (κ2) is 7.81. The molecule has 2 heterocycles. The lowest BCUT2D eigenvalue weighted by molar-refractivity contribution is -0.134. The monoisotopic (exact) mass is 348 g/mol. The zero-order valence-corrected chi connectivity index (χ0v) is 14.0. The number of amides is 2. The fraction of sp³-hybridized carbons (Fsp3) is 0.471. The summed E-state index contributed by atoms with van der Waals surface area (Å²) in [5, 5.41) is 5.24. The average Bonchev–Trinajstić information content (AvgIpc) is 3.12. The number of Topliss-reactive ketones (excluding diaryl/α,β-unsaturated/α-hetero) is 1. The third-order valence-electron chi connectivity index (χ3n) is 4.18. The summed E-state index contributed by atoms with van der Waals surface area (Å²) in [6, 6.07) is 8.80. The molecule has 2 N–H and O–H groups in total. The molecule has 1 aromatic rings. The molecular formula is C17H20N2O4S. The van der Waals surface area contributed by atoms with E-state index in [2.05, 4.69) is 10.6 Å². The second-order valence-corrected chi connectivity index (χ2v) is 7.10. The highest BCUT2D eigenvalue weighted by Crippen LogP contribution is 2.23. The summed E-state index contributed by atoms with van der Waals surface area (Å²) < 4.78 is 5.22. The number of benzene rings is 1. The summed E-state index contributed by atoms with van der Waals surface area (Å²) in [5.74, 6) is 0.0458. The zero-order chi connectivity index (χ0) is 16.9. The number of hydrogen-bond donors (Lipinski definition) is 2. The van der Waals surface area contributed by atoms with Gasteiger partial charge in [0, 0.05) is 12.5 Å². The topological polar surface area (TPSA) is 84.5 Å². The minimum atomic E-state index is -0.571. The number of carbonyl (C=O) groups excluding carboxylic acids is 3. The minimum absolute atomic E-state index is 0.0283. The first kappa shape index (κ1) is 17.0. The molecule has 0 saturated carbocycles. The highest BCUT2D eigenvalue weighted by atomic mass is 32.2. The highest BCUT2D eigenvalue weighted by molar-refractivity contribution is 8.00. The van der Waals surface area contributed by atoms with E-state index in [0.29, 0.717) is 19.0 Å². The van der Waals surface area contributed by atoms with Gasteiger partial charge in [0.2, 0.25) is 11.8 Å². The molecule has 0 aromatic heterocycles. The molecule has 2 fully saturated rings. The first-order valence-corrected chi connectivity index (χ1v) is 9.04. The molecule has 1 unspecified atom stereocenters. The maximum atomic E-state index is 12.1. The lowest BCUT2D eigenvalue weighted by Crippen LogP contribution is -2.68. The first-order chi connectivity index (χ1) is 11.6. The van der Waals surface area contributed by atoms with E-state index in [-0.39, 0.29) is 35.3 Å². The van der Waals surface area contributed by atoms with E-state index < -0.39 is 6.04 Å². The SMILES string of the molecule is O=C(Cc1ccccc1)N[C@@H]1C(=O)N[C@@H]1SCC(=O)C1CCOC1. The van der Waals surface area contributed by atoms with Crippen LogP contribution in [0.5, 0.6) is 0 Å². The van der Waals surface area contributed by atoms with Crippen LogP contribution in [0.4, 0.5) is 0 Å². The summed E-state index contributed by atoms with van der Waals surface area (Å²) in [7, 11) is 0. The van der Waals surface area contributed by atoms with Crippen LogP contribution < -0.4 is 10.6 Å². The van der Waals surface area contributed by atoms with Crippen LogP contribution in [0.2, 0.25) is 0 Å². The van der Waals surface area contributed by atoms with E-state index in [4.69, 9.17) is 4.74 Å². The van der Waals surface area contributed by atoms with Crippen molar-refractivity contribution in [1.82, 2.24) is 10.6 Å². The fourth-order valence-electron chi connectivity index (χ4n) is 2.72. The van der Waals surface area contributed by atoms with Crippen LogP contribution in [0.25, 0.3) is 0 Å². The van der Waals surface area contributed by atoms with Gasteiger partial charge in [0.1, 0.15) is 17.2 Å². The molecule has 0 bridgehead atoms. The first-order valence-electron chi connectivity index (χ1n) is 7.99. The molecule has 3 atom stereocenters. The predicted molar refractivity (Wildman–Crippen MR) is 90.4 cm³/mol. The Bertz CT molecular complexity index is 616. The molecule has 7 heteroatoms. The van der Waals surface area contributed by atoms with Crippen molar-refractivity contribution in [3.05, 3.63) is 35.9 Å². The standard InChI is InChI=1S/C17H20N2O4S/c20-13(12-6-7-23-9-12)10-24-17-15(16(22)19-17)18-14(21)8-11-4-2-1-3-5-11/h1-5,12,15,17H,6-10H2,(H,18,21)(H,19,22)/t12?,15-,17-/m1/s1. The summed E-state index contributed by atoms with van der Waals surface area (Å²) in [6.07, 6.45) is 1.01. The van der Waals surface area contributed by atoms with Crippen molar-refractivity contribution in [2.45, 2.75) is 24.3 Å². The van der Waals surface area contributed by atoms with E-state index in [9.17, 15) is 14.4 Å². The molecule has 6 nitrogen and oxygen atoms in total. The van der Waals surface area contributed by atoms with Crippen molar-refractivity contribution in [1.29, 1.82) is 0 Å². The fourth-order valence-corrected chi connectivity index (χ4v) is 3.88. The Labute approximate surface area is 144 Å². The van der Waals surface area contributed by atoms with Crippen LogP contribution in [0.3, 0.4) is 0 Å². The largest absolute Gasteiger partial charge is 0.381 e. The Hall–Kier alpha value is -1.86. The van der Waals surface area contributed by atoms with Gasteiger partial charge in [-0.3, -0.25) is 14.4 Å². The van der Waals surface area contributed by atoms with Crippen LogP contribution in [-0.4, -0.2) is 48.0 Å². The van der Waals surface area contributed by atoms with Crippen molar-refractivity contribution in [3.8, 4) is 0 Å². The molecule has 128 valence electrons. The normalized spacial score (nSPS) is 25.7. The number of nitrogens with one attached hydrogen (secondary N) is 2. The molecule has 2 amide bonds. The van der Waals surface area contributed by atoms with Crippen molar-refractivity contribution >= 4 is 29.4 Å². The van der Waals surface area contributed by atoms with Gasteiger partial charge in [-0.2, -0.15) is 0 Å². The number of ether oxygens (including phenoxy) is 1. The van der Waals surface area contributed by atoms with Gasteiger partial charge >= 0.3 is 0 Å². The van der Waals surface area contributed by atoms with Crippen LogP contribution in [-0.2, 0) is 25.5 Å². The van der Waals surface area contributed by atoms with Gasteiger partial charge < -0.3 is 15.4 Å². The number of carbonyl (C=O) groups is 3. The van der Waals surface area contributed by atoms with E-state index in [1.165, 1.54) is 11.8 Å². The number of rotatable bonds is 7.